The summed E-state index contributed by atoms with van der Waals surface area (Å²) >= 11 is 0. The van der Waals surface area contributed by atoms with Crippen LogP contribution in [0.3, 0.4) is 0 Å². The topological polar surface area (TPSA) is 82.2 Å². The molecule has 0 unspecified atom stereocenters. The zero-order valence-corrected chi connectivity index (χ0v) is 11.0. The van der Waals surface area contributed by atoms with E-state index in [-0.39, 0.29) is 5.88 Å². The second-order valence-corrected chi connectivity index (χ2v) is 4.60. The van der Waals surface area contributed by atoms with Gasteiger partial charge >= 0.3 is 0 Å². The van der Waals surface area contributed by atoms with Gasteiger partial charge in [0.2, 0.25) is 5.88 Å². The van der Waals surface area contributed by atoms with Crippen molar-refractivity contribution in [2.24, 2.45) is 0 Å². The first-order valence-corrected chi connectivity index (χ1v) is 6.43. The first kappa shape index (κ1) is 11.7. The van der Waals surface area contributed by atoms with E-state index in [0.29, 0.717) is 5.69 Å². The van der Waals surface area contributed by atoms with Gasteiger partial charge in [-0.2, -0.15) is 5.10 Å². The highest BCUT2D eigenvalue weighted by atomic mass is 16.5. The molecule has 4 rings (SSSR count). The summed E-state index contributed by atoms with van der Waals surface area (Å²) in [6.45, 7) is 0. The molecule has 0 bridgehead atoms. The van der Waals surface area contributed by atoms with E-state index in [1.165, 1.54) is 0 Å². The van der Waals surface area contributed by atoms with Gasteiger partial charge in [-0.25, -0.2) is 4.52 Å². The maximum absolute atomic E-state index is 5.94. The molecule has 0 atom stereocenters. The summed E-state index contributed by atoms with van der Waals surface area (Å²) < 4.78 is 6.97. The maximum atomic E-state index is 5.94. The number of hydrogen-bond acceptors (Lipinski definition) is 5. The molecule has 6 heteroatoms. The molecule has 0 fully saturated rings. The van der Waals surface area contributed by atoms with Crippen LogP contribution in [0.4, 0.5) is 5.88 Å². The molecular weight excluding hydrogens is 266 g/mol. The Morgan fingerprint density at radius 1 is 1.10 bits per heavy atom. The van der Waals surface area contributed by atoms with Gasteiger partial charge in [0.05, 0.1) is 22.8 Å². The fourth-order valence-corrected chi connectivity index (χ4v) is 2.39. The third kappa shape index (κ3) is 1.77. The number of nitrogens with zero attached hydrogens (tertiary/aromatic N) is 4. The van der Waals surface area contributed by atoms with Crippen LogP contribution in [0.15, 0.2) is 59.6 Å². The molecule has 0 aliphatic heterocycles. The lowest BCUT2D eigenvalue weighted by Gasteiger charge is -2.01. The van der Waals surface area contributed by atoms with Crippen LogP contribution in [-0.2, 0) is 0 Å². The average Bonchev–Trinajstić information content (AvgIpc) is 3.11. The molecule has 4 heterocycles. The van der Waals surface area contributed by atoms with Crippen molar-refractivity contribution in [2.45, 2.75) is 0 Å². The molecule has 0 radical (unpaired) electrons. The molecule has 0 aliphatic rings. The highest BCUT2D eigenvalue weighted by Gasteiger charge is 2.20. The maximum Gasteiger partial charge on any atom is 0.230 e. The molecule has 4 aromatic heterocycles. The Morgan fingerprint density at radius 2 is 2.05 bits per heavy atom. The van der Waals surface area contributed by atoms with E-state index in [0.717, 1.165) is 22.2 Å². The third-order valence-corrected chi connectivity index (χ3v) is 3.35. The molecule has 0 amide bonds. The lowest BCUT2D eigenvalue weighted by atomic mass is 10.0. The van der Waals surface area contributed by atoms with Gasteiger partial charge in [-0.3, -0.25) is 4.98 Å². The molecule has 102 valence electrons. The van der Waals surface area contributed by atoms with Crippen molar-refractivity contribution in [3.8, 4) is 22.4 Å². The number of rotatable bonds is 2. The Kier molecular flexibility index (Phi) is 2.47. The van der Waals surface area contributed by atoms with Gasteiger partial charge in [-0.15, -0.1) is 0 Å². The molecule has 2 N–H and O–H groups in total. The van der Waals surface area contributed by atoms with Gasteiger partial charge in [-0.1, -0.05) is 17.3 Å². The van der Waals surface area contributed by atoms with Crippen molar-refractivity contribution in [1.82, 2.24) is 19.8 Å². The van der Waals surface area contributed by atoms with Crippen LogP contribution in [0, 0.1) is 0 Å². The van der Waals surface area contributed by atoms with Crippen LogP contribution in [0.2, 0.25) is 0 Å². The van der Waals surface area contributed by atoms with E-state index in [4.69, 9.17) is 10.3 Å². The van der Waals surface area contributed by atoms with Crippen LogP contribution in [0.1, 0.15) is 0 Å². The van der Waals surface area contributed by atoms with E-state index in [9.17, 15) is 0 Å². The SMILES string of the molecule is Nc1onc(-c2cnn3ccccc23)c1-c1cccnc1. The largest absolute Gasteiger partial charge is 0.367 e. The molecule has 21 heavy (non-hydrogen) atoms. The van der Waals surface area contributed by atoms with Crippen molar-refractivity contribution in [3.05, 3.63) is 55.1 Å². The second-order valence-electron chi connectivity index (χ2n) is 4.60. The van der Waals surface area contributed by atoms with Crippen LogP contribution in [-0.4, -0.2) is 19.8 Å². The van der Waals surface area contributed by atoms with Gasteiger partial charge in [0.1, 0.15) is 5.69 Å². The number of anilines is 1. The summed E-state index contributed by atoms with van der Waals surface area (Å²) in [7, 11) is 0. The summed E-state index contributed by atoms with van der Waals surface area (Å²) in [5.74, 6) is 0.272. The summed E-state index contributed by atoms with van der Waals surface area (Å²) in [6, 6.07) is 9.61. The molecule has 6 nitrogen and oxygen atoms in total. The number of aromatic nitrogens is 4. The number of hydrogen-bond donors (Lipinski definition) is 1. The highest BCUT2D eigenvalue weighted by molar-refractivity contribution is 5.91. The Hall–Kier alpha value is -3.15. The predicted molar refractivity (Wildman–Crippen MR) is 78.3 cm³/mol. The zero-order valence-electron chi connectivity index (χ0n) is 11.0. The number of nitrogen functional groups attached to an aromatic ring is 1. The molecule has 0 aliphatic carbocycles. The van der Waals surface area contributed by atoms with Gasteiger partial charge < -0.3 is 10.3 Å². The molecule has 0 spiro atoms. The standard InChI is InChI=1S/C15H11N5O/c16-15-13(10-4-3-6-17-8-10)14(19-21-15)11-9-18-20-7-2-1-5-12(11)20/h1-9H,16H2. The lowest BCUT2D eigenvalue weighted by molar-refractivity contribution is 0.439. The van der Waals surface area contributed by atoms with Crippen LogP contribution < -0.4 is 5.73 Å². The predicted octanol–water partition coefficient (Wildman–Crippen LogP) is 2.63. The zero-order chi connectivity index (χ0) is 14.2. The minimum Gasteiger partial charge on any atom is -0.367 e. The second kappa shape index (κ2) is 4.45. The Bertz CT molecular complexity index is 910. The average molecular weight is 277 g/mol. The van der Waals surface area contributed by atoms with E-state index in [1.54, 1.807) is 23.1 Å². The van der Waals surface area contributed by atoms with Crippen LogP contribution >= 0.6 is 0 Å². The van der Waals surface area contributed by atoms with Gasteiger partial charge in [-0.05, 0) is 18.2 Å². The molecule has 0 saturated carbocycles. The molecular formula is C15H11N5O. The van der Waals surface area contributed by atoms with Crippen molar-refractivity contribution in [2.75, 3.05) is 5.73 Å². The fourth-order valence-electron chi connectivity index (χ4n) is 2.39. The normalized spacial score (nSPS) is 11.0. The van der Waals surface area contributed by atoms with Crippen molar-refractivity contribution < 1.29 is 4.52 Å². The van der Waals surface area contributed by atoms with E-state index >= 15 is 0 Å². The highest BCUT2D eigenvalue weighted by Crippen LogP contribution is 2.37. The van der Waals surface area contributed by atoms with Crippen molar-refractivity contribution >= 4 is 11.4 Å². The lowest BCUT2D eigenvalue weighted by Crippen LogP contribution is -1.88. The fraction of sp³-hybridized carbons (Fsp3) is 0. The smallest absolute Gasteiger partial charge is 0.230 e. The van der Waals surface area contributed by atoms with Crippen LogP contribution in [0.5, 0.6) is 0 Å². The first-order chi connectivity index (χ1) is 10.3. The molecule has 0 aromatic carbocycles. The van der Waals surface area contributed by atoms with Crippen molar-refractivity contribution in [1.29, 1.82) is 0 Å². The number of nitrogens with two attached hydrogens (primary N) is 1. The van der Waals surface area contributed by atoms with Crippen molar-refractivity contribution in [3.63, 3.8) is 0 Å². The summed E-state index contributed by atoms with van der Waals surface area (Å²) in [6.07, 6.45) is 7.08. The number of fused-ring (bicyclic) bond motifs is 1. The van der Waals surface area contributed by atoms with Crippen LogP contribution in [0.25, 0.3) is 27.9 Å². The van der Waals surface area contributed by atoms with E-state index < -0.39 is 0 Å². The minimum absolute atomic E-state index is 0.272. The summed E-state index contributed by atoms with van der Waals surface area (Å²) in [4.78, 5) is 4.12. The first-order valence-electron chi connectivity index (χ1n) is 6.43. The van der Waals surface area contributed by atoms with Gasteiger partial charge in [0.25, 0.3) is 0 Å². The Balaban J connectivity index is 1.98. The Labute approximate surface area is 119 Å². The molecule has 0 saturated heterocycles. The third-order valence-electron chi connectivity index (χ3n) is 3.35. The Morgan fingerprint density at radius 3 is 2.90 bits per heavy atom. The quantitative estimate of drug-likeness (QED) is 0.609. The van der Waals surface area contributed by atoms with Gasteiger partial charge in [0.15, 0.2) is 0 Å². The van der Waals surface area contributed by atoms with E-state index in [2.05, 4.69) is 15.2 Å². The molecule has 4 aromatic rings. The summed E-state index contributed by atoms with van der Waals surface area (Å²) in [5.41, 5.74) is 10.0. The monoisotopic (exact) mass is 277 g/mol. The van der Waals surface area contributed by atoms with E-state index in [1.807, 2.05) is 36.5 Å². The van der Waals surface area contributed by atoms with Gasteiger partial charge in [0, 0.05) is 24.2 Å². The minimum atomic E-state index is 0.272. The summed E-state index contributed by atoms with van der Waals surface area (Å²) in [5, 5.41) is 8.42. The number of pyridine rings is 2.